The molecule has 0 radical (unpaired) electrons. The molecule has 6 heteroatoms. The number of hydrogen-bond acceptors (Lipinski definition) is 2. The van der Waals surface area contributed by atoms with Crippen molar-refractivity contribution < 1.29 is 0 Å². The van der Waals surface area contributed by atoms with E-state index in [0.29, 0.717) is 18.7 Å². The summed E-state index contributed by atoms with van der Waals surface area (Å²) in [4.78, 5) is 0. The lowest BCUT2D eigenvalue weighted by Gasteiger charge is -2.16. The van der Waals surface area contributed by atoms with E-state index in [1.54, 1.807) is 18.2 Å². The third-order valence-electron chi connectivity index (χ3n) is 2.45. The molecule has 0 aliphatic carbocycles. The van der Waals surface area contributed by atoms with E-state index in [9.17, 15) is 0 Å². The fraction of sp³-hybridized carbons (Fsp3) is 0.167. The molecule has 0 aliphatic heterocycles. The fourth-order valence-electron chi connectivity index (χ4n) is 1.57. The molecule has 0 saturated carbocycles. The van der Waals surface area contributed by atoms with Crippen LogP contribution in [0.5, 0.6) is 0 Å². The van der Waals surface area contributed by atoms with Crippen LogP contribution in [0.15, 0.2) is 24.3 Å². The normalized spacial score (nSPS) is 12.5. The van der Waals surface area contributed by atoms with Gasteiger partial charge in [0.1, 0.15) is 0 Å². The van der Waals surface area contributed by atoms with Gasteiger partial charge in [0.2, 0.25) is 0 Å². The summed E-state index contributed by atoms with van der Waals surface area (Å²) in [5, 5.41) is 4.51. The Morgan fingerprint density at radius 1 is 1.11 bits per heavy atom. The van der Waals surface area contributed by atoms with E-state index in [-0.39, 0.29) is 6.04 Å². The molecule has 1 aromatic carbocycles. The van der Waals surface area contributed by atoms with Gasteiger partial charge < -0.3 is 5.32 Å². The van der Waals surface area contributed by atoms with Crippen LogP contribution in [0.1, 0.15) is 18.5 Å². The number of anilines is 1. The lowest BCUT2D eigenvalue weighted by molar-refractivity contribution is 0.891. The summed E-state index contributed by atoms with van der Waals surface area (Å²) in [6.45, 7) is 1.99. The fourth-order valence-corrected chi connectivity index (χ4v) is 3.56. The molecule has 1 N–H and O–H groups in total. The molecule has 2 aromatic rings. The number of thiophene rings is 1. The molecule has 1 unspecified atom stereocenters. The molecule has 0 spiro atoms. The Morgan fingerprint density at radius 2 is 1.83 bits per heavy atom. The molecule has 96 valence electrons. The molecular weight excluding hydrogens is 332 g/mol. The summed E-state index contributed by atoms with van der Waals surface area (Å²) in [7, 11) is 0. The Labute approximate surface area is 130 Å². The molecule has 0 aliphatic rings. The lowest BCUT2D eigenvalue weighted by Crippen LogP contribution is -2.06. The van der Waals surface area contributed by atoms with Crippen LogP contribution in [-0.2, 0) is 0 Å². The SMILES string of the molecule is CC(Nc1cc(Cl)ccc1Cl)c1cc(Cl)sc1Cl. The molecule has 1 heterocycles. The van der Waals surface area contributed by atoms with Gasteiger partial charge in [0.05, 0.1) is 25.4 Å². The summed E-state index contributed by atoms with van der Waals surface area (Å²) in [6.07, 6.45) is 0. The van der Waals surface area contributed by atoms with Crippen molar-refractivity contribution >= 4 is 63.4 Å². The molecule has 1 nitrogen and oxygen atoms in total. The van der Waals surface area contributed by atoms with Crippen LogP contribution in [-0.4, -0.2) is 0 Å². The quantitative estimate of drug-likeness (QED) is 0.669. The first-order chi connectivity index (χ1) is 8.47. The highest BCUT2D eigenvalue weighted by atomic mass is 35.5. The maximum atomic E-state index is 6.11. The van der Waals surface area contributed by atoms with Crippen molar-refractivity contribution in [3.8, 4) is 0 Å². The largest absolute Gasteiger partial charge is 0.377 e. The predicted octanol–water partition coefficient (Wildman–Crippen LogP) is 6.53. The second kappa shape index (κ2) is 5.89. The molecular formula is C12H9Cl4NS. The van der Waals surface area contributed by atoms with E-state index >= 15 is 0 Å². The van der Waals surface area contributed by atoms with Gasteiger partial charge in [-0.2, -0.15) is 0 Å². The second-order valence-corrected chi connectivity index (χ2v) is 6.90. The van der Waals surface area contributed by atoms with Gasteiger partial charge in [-0.3, -0.25) is 0 Å². The molecule has 1 aromatic heterocycles. The predicted molar refractivity (Wildman–Crippen MR) is 82.8 cm³/mol. The first-order valence-corrected chi connectivity index (χ1v) is 7.46. The van der Waals surface area contributed by atoms with Gasteiger partial charge >= 0.3 is 0 Å². The topological polar surface area (TPSA) is 12.0 Å². The minimum Gasteiger partial charge on any atom is -0.377 e. The Kier molecular flexibility index (Phi) is 4.68. The minimum absolute atomic E-state index is 0.00258. The Balaban J connectivity index is 2.23. The van der Waals surface area contributed by atoms with E-state index in [4.69, 9.17) is 46.4 Å². The van der Waals surface area contributed by atoms with Crippen molar-refractivity contribution in [2.24, 2.45) is 0 Å². The number of nitrogens with one attached hydrogen (secondary N) is 1. The first-order valence-electron chi connectivity index (χ1n) is 5.13. The molecule has 0 saturated heterocycles. The minimum atomic E-state index is -0.00258. The number of benzene rings is 1. The molecule has 0 fully saturated rings. The molecule has 0 amide bonds. The summed E-state index contributed by atoms with van der Waals surface area (Å²) in [6, 6.07) is 7.12. The van der Waals surface area contributed by atoms with Crippen LogP contribution in [0, 0.1) is 0 Å². The zero-order valence-electron chi connectivity index (χ0n) is 9.31. The molecule has 18 heavy (non-hydrogen) atoms. The van der Waals surface area contributed by atoms with Gasteiger partial charge in [0, 0.05) is 10.6 Å². The van der Waals surface area contributed by atoms with Crippen LogP contribution in [0.2, 0.25) is 18.7 Å². The summed E-state index contributed by atoms with van der Waals surface area (Å²) < 4.78 is 1.35. The molecule has 1 atom stereocenters. The highest BCUT2D eigenvalue weighted by Crippen LogP contribution is 2.37. The van der Waals surface area contributed by atoms with E-state index in [1.807, 2.05) is 13.0 Å². The monoisotopic (exact) mass is 339 g/mol. The number of hydrogen-bond donors (Lipinski definition) is 1. The zero-order chi connectivity index (χ0) is 13.3. The third kappa shape index (κ3) is 3.25. The van der Waals surface area contributed by atoms with Crippen LogP contribution in [0.4, 0.5) is 5.69 Å². The second-order valence-electron chi connectivity index (χ2n) is 3.77. The summed E-state index contributed by atoms with van der Waals surface area (Å²) in [5.41, 5.74) is 1.72. The van der Waals surface area contributed by atoms with Gasteiger partial charge in [0.25, 0.3) is 0 Å². The van der Waals surface area contributed by atoms with Crippen LogP contribution >= 0.6 is 57.7 Å². The van der Waals surface area contributed by atoms with Crippen molar-refractivity contribution in [2.75, 3.05) is 5.32 Å². The molecule has 2 rings (SSSR count). The van der Waals surface area contributed by atoms with Crippen LogP contribution in [0.25, 0.3) is 0 Å². The van der Waals surface area contributed by atoms with Gasteiger partial charge in [-0.25, -0.2) is 0 Å². The Bertz CT molecular complexity index is 567. The number of halogens is 4. The van der Waals surface area contributed by atoms with Crippen molar-refractivity contribution in [2.45, 2.75) is 13.0 Å². The average Bonchev–Trinajstić information content (AvgIpc) is 2.63. The average molecular weight is 341 g/mol. The maximum Gasteiger partial charge on any atom is 0.0996 e. The standard InChI is InChI=1S/C12H9Cl4NS/c1-6(8-5-11(15)18-12(8)16)17-10-4-7(13)2-3-9(10)14/h2-6,17H,1H3. The van der Waals surface area contributed by atoms with Gasteiger partial charge in [-0.05, 0) is 31.2 Å². The van der Waals surface area contributed by atoms with E-state index < -0.39 is 0 Å². The first kappa shape index (κ1) is 14.3. The van der Waals surface area contributed by atoms with Crippen molar-refractivity contribution in [1.29, 1.82) is 0 Å². The lowest BCUT2D eigenvalue weighted by atomic mass is 10.1. The van der Waals surface area contributed by atoms with E-state index in [2.05, 4.69) is 5.32 Å². The van der Waals surface area contributed by atoms with Crippen molar-refractivity contribution in [3.63, 3.8) is 0 Å². The van der Waals surface area contributed by atoms with Crippen LogP contribution < -0.4 is 5.32 Å². The van der Waals surface area contributed by atoms with Crippen LogP contribution in [0.3, 0.4) is 0 Å². The van der Waals surface area contributed by atoms with Gasteiger partial charge in [-0.1, -0.05) is 46.4 Å². The molecule has 0 bridgehead atoms. The smallest absolute Gasteiger partial charge is 0.0996 e. The van der Waals surface area contributed by atoms with Crippen molar-refractivity contribution in [1.82, 2.24) is 0 Å². The number of rotatable bonds is 3. The van der Waals surface area contributed by atoms with E-state index in [1.165, 1.54) is 11.3 Å². The summed E-state index contributed by atoms with van der Waals surface area (Å²) >= 11 is 25.4. The highest BCUT2D eigenvalue weighted by molar-refractivity contribution is 7.20. The summed E-state index contributed by atoms with van der Waals surface area (Å²) in [5.74, 6) is 0. The maximum absolute atomic E-state index is 6.11. The zero-order valence-corrected chi connectivity index (χ0v) is 13.1. The Morgan fingerprint density at radius 3 is 2.44 bits per heavy atom. The van der Waals surface area contributed by atoms with E-state index in [0.717, 1.165) is 11.3 Å². The Hall–Kier alpha value is -0.120. The third-order valence-corrected chi connectivity index (χ3v) is 4.53. The van der Waals surface area contributed by atoms with Crippen molar-refractivity contribution in [3.05, 3.63) is 48.5 Å². The highest BCUT2D eigenvalue weighted by Gasteiger charge is 2.14. The van der Waals surface area contributed by atoms with Gasteiger partial charge in [-0.15, -0.1) is 11.3 Å². The van der Waals surface area contributed by atoms with Gasteiger partial charge in [0.15, 0.2) is 0 Å².